The van der Waals surface area contributed by atoms with Gasteiger partial charge in [-0.3, -0.25) is 4.79 Å². The van der Waals surface area contributed by atoms with Gasteiger partial charge in [0, 0.05) is 18.0 Å². The predicted octanol–water partition coefficient (Wildman–Crippen LogP) is 2.33. The van der Waals surface area contributed by atoms with Gasteiger partial charge in [-0.15, -0.1) is 0 Å². The van der Waals surface area contributed by atoms with E-state index in [1.165, 1.54) is 0 Å². The Bertz CT molecular complexity index is 412. The number of aryl methyl sites for hydroxylation is 1. The largest absolute Gasteiger partial charge is 0.393 e. The number of nitrogens with one attached hydrogen (secondary N) is 1. The monoisotopic (exact) mass is 236 g/mol. The number of aromatic nitrogens is 2. The van der Waals surface area contributed by atoms with E-state index in [0.29, 0.717) is 12.1 Å². The molecule has 1 heterocycles. The molecule has 1 aromatic rings. The fraction of sp³-hybridized carbons (Fsp3) is 0.692. The Morgan fingerprint density at radius 3 is 2.94 bits per heavy atom. The third-order valence-electron chi connectivity index (χ3n) is 3.49. The normalized spacial score (nSPS) is 24.9. The minimum Gasteiger partial charge on any atom is -0.393 e. The van der Waals surface area contributed by atoms with E-state index in [-0.39, 0.29) is 17.8 Å². The van der Waals surface area contributed by atoms with Gasteiger partial charge in [-0.1, -0.05) is 13.3 Å². The zero-order valence-corrected chi connectivity index (χ0v) is 10.5. The van der Waals surface area contributed by atoms with Crippen LogP contribution in [0, 0.1) is 6.92 Å². The smallest absolute Gasteiger partial charge is 0.182 e. The molecule has 4 nitrogen and oxygen atoms in total. The number of hydrogen-bond donors (Lipinski definition) is 2. The quantitative estimate of drug-likeness (QED) is 0.791. The van der Waals surface area contributed by atoms with Gasteiger partial charge in [-0.2, -0.15) is 0 Å². The van der Waals surface area contributed by atoms with Crippen LogP contribution in [0.25, 0.3) is 0 Å². The van der Waals surface area contributed by atoms with Gasteiger partial charge >= 0.3 is 0 Å². The highest BCUT2D eigenvalue weighted by atomic mass is 16.3. The fourth-order valence-electron chi connectivity index (χ4n) is 2.61. The lowest BCUT2D eigenvalue weighted by molar-refractivity contribution is 0.0975. The second kappa shape index (κ2) is 5.00. The van der Waals surface area contributed by atoms with Crippen molar-refractivity contribution in [2.45, 2.75) is 58.0 Å². The number of rotatable bonds is 3. The van der Waals surface area contributed by atoms with Crippen LogP contribution in [0.2, 0.25) is 0 Å². The van der Waals surface area contributed by atoms with Crippen molar-refractivity contribution in [1.29, 1.82) is 0 Å². The number of H-pyrrole nitrogens is 1. The molecule has 2 N–H and O–H groups in total. The highest BCUT2D eigenvalue weighted by molar-refractivity contribution is 5.95. The molecule has 2 unspecified atom stereocenters. The first-order valence-electron chi connectivity index (χ1n) is 6.39. The van der Waals surface area contributed by atoms with Crippen LogP contribution < -0.4 is 0 Å². The summed E-state index contributed by atoms with van der Waals surface area (Å²) in [6.45, 7) is 3.72. The minimum atomic E-state index is -0.234. The van der Waals surface area contributed by atoms with Gasteiger partial charge in [0.25, 0.3) is 0 Å². The predicted molar refractivity (Wildman–Crippen MR) is 65.2 cm³/mol. The van der Waals surface area contributed by atoms with Crippen LogP contribution in [0.3, 0.4) is 0 Å². The van der Waals surface area contributed by atoms with Gasteiger partial charge in [-0.05, 0) is 26.2 Å². The van der Waals surface area contributed by atoms with Gasteiger partial charge in [0.1, 0.15) is 11.5 Å². The summed E-state index contributed by atoms with van der Waals surface area (Å²) < 4.78 is 0. The molecule has 17 heavy (non-hydrogen) atoms. The second-order valence-corrected chi connectivity index (χ2v) is 4.88. The van der Waals surface area contributed by atoms with Crippen LogP contribution in [-0.2, 0) is 0 Å². The summed E-state index contributed by atoms with van der Waals surface area (Å²) in [6.07, 6.45) is 3.91. The number of ketones is 1. The number of carbonyl (C=O) groups excluding carboxylic acids is 1. The molecule has 94 valence electrons. The Hall–Kier alpha value is -1.16. The Morgan fingerprint density at radius 1 is 1.53 bits per heavy atom. The Labute approximate surface area is 101 Å². The lowest BCUT2D eigenvalue weighted by Gasteiger charge is -2.25. The topological polar surface area (TPSA) is 66.0 Å². The summed E-state index contributed by atoms with van der Waals surface area (Å²) in [4.78, 5) is 19.3. The Kier molecular flexibility index (Phi) is 3.62. The fourth-order valence-corrected chi connectivity index (χ4v) is 2.61. The summed E-state index contributed by atoms with van der Waals surface area (Å²) in [5.41, 5.74) is 1.53. The molecule has 1 aliphatic rings. The maximum absolute atomic E-state index is 11.8. The number of aliphatic hydroxyl groups excluding tert-OH is 1. The van der Waals surface area contributed by atoms with Gasteiger partial charge < -0.3 is 10.1 Å². The van der Waals surface area contributed by atoms with Crippen LogP contribution >= 0.6 is 0 Å². The number of carbonyl (C=O) groups is 1. The number of aliphatic hydroxyl groups is 1. The molecule has 0 aromatic carbocycles. The first-order valence-corrected chi connectivity index (χ1v) is 6.39. The average Bonchev–Trinajstić information content (AvgIpc) is 2.70. The highest BCUT2D eigenvalue weighted by Crippen LogP contribution is 2.33. The molecule has 2 atom stereocenters. The second-order valence-electron chi connectivity index (χ2n) is 4.88. The molecule has 0 spiro atoms. The minimum absolute atomic E-state index is 0.0874. The molecule has 1 aliphatic carbocycles. The van der Waals surface area contributed by atoms with E-state index in [4.69, 9.17) is 0 Å². The number of aromatic amines is 1. The summed E-state index contributed by atoms with van der Waals surface area (Å²) in [5.74, 6) is 1.13. The lowest BCUT2D eigenvalue weighted by atomic mass is 9.84. The number of nitrogens with zero attached hydrogens (tertiary/aromatic N) is 1. The standard InChI is InChI=1S/C13H20N2O2/c1-3-11(17)13-12(14-8(2)15-13)9-5-4-6-10(16)7-9/h9-10,16H,3-7H2,1-2H3,(H,14,15). The van der Waals surface area contributed by atoms with Gasteiger partial charge in [0.15, 0.2) is 5.78 Å². The number of Topliss-reactive ketones (excluding diaryl/α,β-unsaturated/α-hetero) is 1. The number of imidazole rings is 1. The van der Waals surface area contributed by atoms with E-state index in [1.54, 1.807) is 0 Å². The van der Waals surface area contributed by atoms with E-state index in [1.807, 2.05) is 13.8 Å². The molecule has 0 radical (unpaired) electrons. The molecule has 0 aliphatic heterocycles. The molecule has 0 amide bonds. The van der Waals surface area contributed by atoms with Crippen molar-refractivity contribution >= 4 is 5.78 Å². The lowest BCUT2D eigenvalue weighted by Crippen LogP contribution is -2.20. The molecule has 0 saturated heterocycles. The molecule has 0 bridgehead atoms. The molecular formula is C13H20N2O2. The molecular weight excluding hydrogens is 216 g/mol. The Morgan fingerprint density at radius 2 is 2.29 bits per heavy atom. The highest BCUT2D eigenvalue weighted by Gasteiger charge is 2.27. The molecule has 1 fully saturated rings. The van der Waals surface area contributed by atoms with E-state index < -0.39 is 0 Å². The van der Waals surface area contributed by atoms with Crippen LogP contribution in [0.15, 0.2) is 0 Å². The van der Waals surface area contributed by atoms with Crippen molar-refractivity contribution in [3.8, 4) is 0 Å². The zero-order chi connectivity index (χ0) is 12.4. The van der Waals surface area contributed by atoms with Crippen molar-refractivity contribution in [3.63, 3.8) is 0 Å². The maximum Gasteiger partial charge on any atom is 0.182 e. The first-order chi connectivity index (χ1) is 8.11. The van der Waals surface area contributed by atoms with Crippen LogP contribution in [0.1, 0.15) is 67.0 Å². The van der Waals surface area contributed by atoms with Gasteiger partial charge in [-0.25, -0.2) is 4.98 Å². The maximum atomic E-state index is 11.8. The molecule has 1 aromatic heterocycles. The Balaban J connectivity index is 2.27. The number of hydrogen-bond acceptors (Lipinski definition) is 3. The van der Waals surface area contributed by atoms with Crippen molar-refractivity contribution in [2.75, 3.05) is 0 Å². The van der Waals surface area contributed by atoms with E-state index >= 15 is 0 Å². The van der Waals surface area contributed by atoms with E-state index in [0.717, 1.165) is 37.2 Å². The average molecular weight is 236 g/mol. The van der Waals surface area contributed by atoms with Crippen molar-refractivity contribution in [1.82, 2.24) is 9.97 Å². The molecule has 1 saturated carbocycles. The third-order valence-corrected chi connectivity index (χ3v) is 3.49. The summed E-state index contributed by atoms with van der Waals surface area (Å²) in [5, 5.41) is 9.72. The van der Waals surface area contributed by atoms with Crippen molar-refractivity contribution in [2.24, 2.45) is 0 Å². The summed E-state index contributed by atoms with van der Waals surface area (Å²) in [6, 6.07) is 0. The molecule has 2 rings (SSSR count). The van der Waals surface area contributed by atoms with E-state index in [2.05, 4.69) is 9.97 Å². The molecule has 4 heteroatoms. The van der Waals surface area contributed by atoms with E-state index in [9.17, 15) is 9.90 Å². The van der Waals surface area contributed by atoms with Crippen LogP contribution in [-0.4, -0.2) is 27.0 Å². The summed E-state index contributed by atoms with van der Waals surface area (Å²) >= 11 is 0. The third kappa shape index (κ3) is 2.57. The van der Waals surface area contributed by atoms with Crippen molar-refractivity contribution < 1.29 is 9.90 Å². The van der Waals surface area contributed by atoms with Crippen LogP contribution in [0.4, 0.5) is 0 Å². The zero-order valence-electron chi connectivity index (χ0n) is 10.5. The summed E-state index contributed by atoms with van der Waals surface area (Å²) in [7, 11) is 0. The van der Waals surface area contributed by atoms with Crippen LogP contribution in [0.5, 0.6) is 0 Å². The van der Waals surface area contributed by atoms with Gasteiger partial charge in [0.2, 0.25) is 0 Å². The first kappa shape index (κ1) is 12.3. The SMILES string of the molecule is CCC(=O)c1nc(C)[nH]c1C1CCCC(O)C1. The van der Waals surface area contributed by atoms with Crippen molar-refractivity contribution in [3.05, 3.63) is 17.2 Å². The van der Waals surface area contributed by atoms with Gasteiger partial charge in [0.05, 0.1) is 6.10 Å².